The van der Waals surface area contributed by atoms with Crippen LogP contribution in [0.4, 0.5) is 8.78 Å². The van der Waals surface area contributed by atoms with Gasteiger partial charge >= 0.3 is 0 Å². The molecular formula is C10H12F2O2. The monoisotopic (exact) mass is 202 g/mol. The fraction of sp³-hybridized carbons (Fsp3) is 0.400. The molecule has 0 saturated heterocycles. The smallest absolute Gasteiger partial charge is 0.190 e. The predicted molar refractivity (Wildman–Crippen MR) is 48.3 cm³/mol. The minimum absolute atomic E-state index is 0.220. The molecule has 0 aliphatic carbocycles. The summed E-state index contributed by atoms with van der Waals surface area (Å²) in [5.41, 5.74) is 0.413. The van der Waals surface area contributed by atoms with Gasteiger partial charge in [-0.05, 0) is 31.0 Å². The number of aliphatic hydroxyl groups is 1. The molecule has 0 spiro atoms. The van der Waals surface area contributed by atoms with Crippen LogP contribution in [-0.4, -0.2) is 18.3 Å². The van der Waals surface area contributed by atoms with E-state index in [2.05, 4.69) is 4.74 Å². The average molecular weight is 202 g/mol. The van der Waals surface area contributed by atoms with Gasteiger partial charge in [0.05, 0.1) is 13.2 Å². The van der Waals surface area contributed by atoms with Crippen LogP contribution >= 0.6 is 0 Å². The van der Waals surface area contributed by atoms with E-state index in [1.54, 1.807) is 6.92 Å². The van der Waals surface area contributed by atoms with Crippen molar-refractivity contribution < 1.29 is 18.6 Å². The molecule has 1 rings (SSSR count). The van der Waals surface area contributed by atoms with Crippen LogP contribution in [0.25, 0.3) is 0 Å². The van der Waals surface area contributed by atoms with Crippen LogP contribution < -0.4 is 4.74 Å². The van der Waals surface area contributed by atoms with Gasteiger partial charge in [0.25, 0.3) is 0 Å². The molecular weight excluding hydrogens is 190 g/mol. The van der Waals surface area contributed by atoms with E-state index in [1.165, 1.54) is 7.11 Å². The van der Waals surface area contributed by atoms with E-state index in [9.17, 15) is 8.78 Å². The Balaban J connectivity index is 3.01. The lowest BCUT2D eigenvalue weighted by Gasteiger charge is -2.08. The Bertz CT molecular complexity index is 301. The highest BCUT2D eigenvalue weighted by atomic mass is 19.1. The second-order valence-electron chi connectivity index (χ2n) is 3.15. The number of hydrogen-bond acceptors (Lipinski definition) is 2. The molecule has 1 N–H and O–H groups in total. The van der Waals surface area contributed by atoms with Crippen LogP contribution in [0.1, 0.15) is 12.5 Å². The molecule has 78 valence electrons. The minimum atomic E-state index is -0.747. The van der Waals surface area contributed by atoms with E-state index in [1.807, 2.05) is 0 Å². The molecule has 0 fully saturated rings. The third-order valence-corrected chi connectivity index (χ3v) is 1.79. The number of halogens is 2. The van der Waals surface area contributed by atoms with Gasteiger partial charge in [0, 0.05) is 0 Å². The number of methoxy groups -OCH3 is 1. The minimum Gasteiger partial charge on any atom is -0.491 e. The Hall–Kier alpha value is -1.16. The zero-order valence-corrected chi connectivity index (χ0v) is 8.05. The van der Waals surface area contributed by atoms with Crippen LogP contribution in [0, 0.1) is 11.6 Å². The fourth-order valence-corrected chi connectivity index (χ4v) is 1.27. The highest BCUT2D eigenvalue weighted by Crippen LogP contribution is 2.23. The van der Waals surface area contributed by atoms with Crippen LogP contribution in [0.5, 0.6) is 5.75 Å². The molecule has 0 aliphatic rings. The molecule has 0 saturated carbocycles. The average Bonchev–Trinajstić information content (AvgIpc) is 2.01. The first kappa shape index (κ1) is 10.9. The molecule has 14 heavy (non-hydrogen) atoms. The Labute approximate surface area is 81.1 Å². The maximum absolute atomic E-state index is 13.1. The van der Waals surface area contributed by atoms with Crippen molar-refractivity contribution in [3.05, 3.63) is 29.3 Å². The molecule has 0 bridgehead atoms. The molecule has 0 radical (unpaired) electrons. The standard InChI is InChI=1S/C10H12F2O2/c1-6(13)3-7-4-8(11)10(14-2)9(12)5-7/h4-6,13H,3H2,1-2H3. The molecule has 1 aromatic carbocycles. The summed E-state index contributed by atoms with van der Waals surface area (Å²) < 4.78 is 30.8. The number of ether oxygens (including phenoxy) is 1. The van der Waals surface area contributed by atoms with Gasteiger partial charge in [-0.25, -0.2) is 8.78 Å². The summed E-state index contributed by atoms with van der Waals surface area (Å²) in [5.74, 6) is -1.88. The second kappa shape index (κ2) is 4.37. The van der Waals surface area contributed by atoms with E-state index in [4.69, 9.17) is 5.11 Å². The van der Waals surface area contributed by atoms with Gasteiger partial charge in [-0.2, -0.15) is 0 Å². The van der Waals surface area contributed by atoms with Crippen molar-refractivity contribution in [2.24, 2.45) is 0 Å². The molecule has 0 heterocycles. The van der Waals surface area contributed by atoms with Gasteiger partial charge in [0.2, 0.25) is 0 Å². The fourth-order valence-electron chi connectivity index (χ4n) is 1.27. The van der Waals surface area contributed by atoms with Gasteiger partial charge in [0.15, 0.2) is 17.4 Å². The van der Waals surface area contributed by atoms with Gasteiger partial charge in [0.1, 0.15) is 0 Å². The van der Waals surface area contributed by atoms with Gasteiger partial charge in [-0.15, -0.1) is 0 Å². The first-order valence-electron chi connectivity index (χ1n) is 4.24. The molecule has 0 aliphatic heterocycles. The lowest BCUT2D eigenvalue weighted by molar-refractivity contribution is 0.195. The van der Waals surface area contributed by atoms with E-state index in [-0.39, 0.29) is 12.2 Å². The molecule has 1 atom stereocenters. The highest BCUT2D eigenvalue weighted by Gasteiger charge is 2.12. The van der Waals surface area contributed by atoms with E-state index in [0.717, 1.165) is 12.1 Å². The Morgan fingerprint density at radius 3 is 2.21 bits per heavy atom. The number of benzene rings is 1. The van der Waals surface area contributed by atoms with Crippen molar-refractivity contribution in [1.82, 2.24) is 0 Å². The quantitative estimate of drug-likeness (QED) is 0.811. The van der Waals surface area contributed by atoms with E-state index < -0.39 is 17.7 Å². The number of hydrogen-bond donors (Lipinski definition) is 1. The topological polar surface area (TPSA) is 29.5 Å². The van der Waals surface area contributed by atoms with Crippen LogP contribution in [0.3, 0.4) is 0 Å². The molecule has 0 aromatic heterocycles. The summed E-state index contributed by atoms with van der Waals surface area (Å²) in [7, 11) is 1.20. The third kappa shape index (κ3) is 2.42. The predicted octanol–water partition coefficient (Wildman–Crippen LogP) is 1.90. The van der Waals surface area contributed by atoms with Crippen molar-refractivity contribution >= 4 is 0 Å². The first-order chi connectivity index (χ1) is 6.54. The zero-order chi connectivity index (χ0) is 10.7. The zero-order valence-electron chi connectivity index (χ0n) is 8.05. The molecule has 2 nitrogen and oxygen atoms in total. The number of rotatable bonds is 3. The maximum atomic E-state index is 13.1. The van der Waals surface area contributed by atoms with E-state index >= 15 is 0 Å². The van der Waals surface area contributed by atoms with Crippen LogP contribution in [-0.2, 0) is 6.42 Å². The SMILES string of the molecule is COc1c(F)cc(CC(C)O)cc1F. The summed E-state index contributed by atoms with van der Waals surface area (Å²) in [6, 6.07) is 2.32. The summed E-state index contributed by atoms with van der Waals surface area (Å²) in [6.45, 7) is 1.56. The van der Waals surface area contributed by atoms with Crippen molar-refractivity contribution in [1.29, 1.82) is 0 Å². The normalized spacial score (nSPS) is 12.6. The van der Waals surface area contributed by atoms with Gasteiger partial charge in [-0.1, -0.05) is 0 Å². The summed E-state index contributed by atoms with van der Waals surface area (Å²) in [6.07, 6.45) is -0.403. The van der Waals surface area contributed by atoms with Crippen LogP contribution in [0.2, 0.25) is 0 Å². The second-order valence-corrected chi connectivity index (χ2v) is 3.15. The van der Waals surface area contributed by atoms with Crippen molar-refractivity contribution in [2.75, 3.05) is 7.11 Å². The van der Waals surface area contributed by atoms with Gasteiger partial charge in [-0.3, -0.25) is 0 Å². The first-order valence-corrected chi connectivity index (χ1v) is 4.24. The van der Waals surface area contributed by atoms with Crippen LogP contribution in [0.15, 0.2) is 12.1 Å². The Morgan fingerprint density at radius 2 is 1.86 bits per heavy atom. The Morgan fingerprint density at radius 1 is 1.36 bits per heavy atom. The maximum Gasteiger partial charge on any atom is 0.190 e. The highest BCUT2D eigenvalue weighted by molar-refractivity contribution is 5.31. The molecule has 1 aromatic rings. The molecule has 4 heteroatoms. The summed E-state index contributed by atoms with van der Waals surface area (Å²) in [4.78, 5) is 0. The third-order valence-electron chi connectivity index (χ3n) is 1.79. The van der Waals surface area contributed by atoms with E-state index in [0.29, 0.717) is 5.56 Å². The van der Waals surface area contributed by atoms with Crippen molar-refractivity contribution in [3.8, 4) is 5.75 Å². The lowest BCUT2D eigenvalue weighted by atomic mass is 10.1. The van der Waals surface area contributed by atoms with Crippen molar-refractivity contribution in [2.45, 2.75) is 19.4 Å². The largest absolute Gasteiger partial charge is 0.491 e. The Kier molecular flexibility index (Phi) is 3.41. The summed E-state index contributed by atoms with van der Waals surface area (Å²) >= 11 is 0. The number of aliphatic hydroxyl groups excluding tert-OH is 1. The van der Waals surface area contributed by atoms with Gasteiger partial charge < -0.3 is 9.84 Å². The molecule has 1 unspecified atom stereocenters. The van der Waals surface area contributed by atoms with Crippen molar-refractivity contribution in [3.63, 3.8) is 0 Å². The summed E-state index contributed by atoms with van der Waals surface area (Å²) in [5, 5.41) is 9.04. The molecule has 0 amide bonds. The lowest BCUT2D eigenvalue weighted by Crippen LogP contribution is -2.05.